The highest BCUT2D eigenvalue weighted by Gasteiger charge is 2.06. The van der Waals surface area contributed by atoms with Crippen LogP contribution in [0.25, 0.3) is 0 Å². The number of hydrogen-bond acceptors (Lipinski definition) is 3. The van der Waals surface area contributed by atoms with Crippen molar-refractivity contribution in [3.63, 3.8) is 0 Å². The van der Waals surface area contributed by atoms with Crippen molar-refractivity contribution in [3.05, 3.63) is 64.7 Å². The summed E-state index contributed by atoms with van der Waals surface area (Å²) < 4.78 is 22.5. The van der Waals surface area contributed by atoms with Gasteiger partial charge in [-0.1, -0.05) is 35.9 Å². The Hall–Kier alpha value is -2.09. The van der Waals surface area contributed by atoms with Gasteiger partial charge in [-0.25, -0.2) is 13.6 Å². The smallest absolute Gasteiger partial charge is 0.238 e. The van der Waals surface area contributed by atoms with Crippen LogP contribution >= 0.6 is 11.6 Å². The van der Waals surface area contributed by atoms with Crippen molar-refractivity contribution in [2.45, 2.75) is 24.7 Å². The third-order valence-electron chi connectivity index (χ3n) is 3.86. The van der Waals surface area contributed by atoms with Crippen LogP contribution in [0.4, 0.5) is 0 Å². The highest BCUT2D eigenvalue weighted by atomic mass is 35.5. The third kappa shape index (κ3) is 7.58. The van der Waals surface area contributed by atoms with E-state index in [1.54, 1.807) is 12.1 Å². The number of nitrogens with one attached hydrogen (secondary N) is 2. The van der Waals surface area contributed by atoms with Gasteiger partial charge in [0.2, 0.25) is 10.0 Å². The lowest BCUT2D eigenvalue weighted by atomic mass is 10.1. The van der Waals surface area contributed by atoms with Crippen molar-refractivity contribution in [2.24, 2.45) is 10.1 Å². The lowest BCUT2D eigenvalue weighted by Crippen LogP contribution is -2.38. The molecule has 0 atom stereocenters. The van der Waals surface area contributed by atoms with Gasteiger partial charge in [0, 0.05) is 24.7 Å². The quantitative estimate of drug-likeness (QED) is 0.461. The largest absolute Gasteiger partial charge is 0.357 e. The normalized spacial score (nSPS) is 12.0. The first-order valence-corrected chi connectivity index (χ1v) is 10.7. The molecule has 2 aromatic rings. The first-order valence-electron chi connectivity index (χ1n) is 8.77. The topological polar surface area (TPSA) is 96.6 Å². The summed E-state index contributed by atoms with van der Waals surface area (Å²) in [5.74, 6) is 0.751. The number of guanidine groups is 1. The van der Waals surface area contributed by atoms with Gasteiger partial charge in [-0.3, -0.25) is 4.99 Å². The molecule has 0 unspecified atom stereocenters. The van der Waals surface area contributed by atoms with Gasteiger partial charge in [0.05, 0.1) is 4.90 Å². The van der Waals surface area contributed by atoms with E-state index >= 15 is 0 Å². The molecule has 0 fully saturated rings. The number of primary sulfonamides is 1. The van der Waals surface area contributed by atoms with Gasteiger partial charge >= 0.3 is 0 Å². The molecule has 4 N–H and O–H groups in total. The molecule has 0 aliphatic heterocycles. The Morgan fingerprint density at radius 2 is 1.81 bits per heavy atom. The third-order valence-corrected chi connectivity index (χ3v) is 5.03. The van der Waals surface area contributed by atoms with Crippen LogP contribution in [0.1, 0.15) is 18.1 Å². The second-order valence-electron chi connectivity index (χ2n) is 6.01. The van der Waals surface area contributed by atoms with Gasteiger partial charge < -0.3 is 10.6 Å². The first-order chi connectivity index (χ1) is 12.9. The SMILES string of the molecule is CCNC(=NCCc1ccc(S(N)(=O)=O)cc1)NCCc1cccc(Cl)c1. The van der Waals surface area contributed by atoms with Crippen LogP contribution in [0.2, 0.25) is 5.02 Å². The molecular weight excluding hydrogens is 384 g/mol. The number of nitrogens with zero attached hydrogens (tertiary/aromatic N) is 1. The van der Waals surface area contributed by atoms with Crippen molar-refractivity contribution in [3.8, 4) is 0 Å². The Morgan fingerprint density at radius 3 is 2.44 bits per heavy atom. The van der Waals surface area contributed by atoms with Crippen molar-refractivity contribution < 1.29 is 8.42 Å². The number of benzene rings is 2. The zero-order chi connectivity index (χ0) is 19.7. The summed E-state index contributed by atoms with van der Waals surface area (Å²) in [6.45, 7) is 4.11. The fourth-order valence-corrected chi connectivity index (χ4v) is 3.23. The van der Waals surface area contributed by atoms with Gasteiger partial charge in [0.25, 0.3) is 0 Å². The Bertz CT molecular complexity index is 868. The number of halogens is 1. The minimum atomic E-state index is -3.65. The van der Waals surface area contributed by atoms with Crippen LogP contribution in [0.3, 0.4) is 0 Å². The van der Waals surface area contributed by atoms with E-state index in [-0.39, 0.29) is 4.90 Å². The highest BCUT2D eigenvalue weighted by Crippen LogP contribution is 2.11. The van der Waals surface area contributed by atoms with E-state index in [2.05, 4.69) is 15.6 Å². The predicted molar refractivity (Wildman–Crippen MR) is 111 cm³/mol. The minimum absolute atomic E-state index is 0.116. The van der Waals surface area contributed by atoms with Crippen LogP contribution in [0.15, 0.2) is 58.4 Å². The van der Waals surface area contributed by atoms with Crippen molar-refractivity contribution in [2.75, 3.05) is 19.6 Å². The van der Waals surface area contributed by atoms with Crippen molar-refractivity contribution in [1.82, 2.24) is 10.6 Å². The Balaban J connectivity index is 1.85. The van der Waals surface area contributed by atoms with Crippen LogP contribution in [-0.2, 0) is 22.9 Å². The molecule has 0 saturated carbocycles. The summed E-state index contributed by atoms with van der Waals surface area (Å²) in [6, 6.07) is 14.4. The first kappa shape index (κ1) is 21.2. The second kappa shape index (κ2) is 10.3. The molecule has 0 heterocycles. The second-order valence-corrected chi connectivity index (χ2v) is 8.00. The molecule has 0 bridgehead atoms. The van der Waals surface area contributed by atoms with E-state index in [9.17, 15) is 8.42 Å². The molecule has 0 aromatic heterocycles. The summed E-state index contributed by atoms with van der Waals surface area (Å²) >= 11 is 6.00. The standard InChI is InChI=1S/C19H25ClN4O2S/c1-2-22-19(24-13-11-16-4-3-5-17(20)14-16)23-12-10-15-6-8-18(9-7-15)27(21,25)26/h3-9,14H,2,10-13H2,1H3,(H2,21,25,26)(H2,22,23,24). The highest BCUT2D eigenvalue weighted by molar-refractivity contribution is 7.89. The summed E-state index contributed by atoms with van der Waals surface area (Å²) in [7, 11) is -3.65. The minimum Gasteiger partial charge on any atom is -0.357 e. The fourth-order valence-electron chi connectivity index (χ4n) is 2.50. The van der Waals surface area contributed by atoms with Crippen molar-refractivity contribution in [1.29, 1.82) is 0 Å². The van der Waals surface area contributed by atoms with Gasteiger partial charge in [-0.05, 0) is 55.2 Å². The number of sulfonamides is 1. The average molecular weight is 409 g/mol. The van der Waals surface area contributed by atoms with Crippen LogP contribution in [0.5, 0.6) is 0 Å². The molecule has 27 heavy (non-hydrogen) atoms. The lowest BCUT2D eigenvalue weighted by molar-refractivity contribution is 0.598. The van der Waals surface area contributed by atoms with Crippen LogP contribution < -0.4 is 15.8 Å². The Morgan fingerprint density at radius 1 is 1.07 bits per heavy atom. The molecule has 8 heteroatoms. The Kier molecular flexibility index (Phi) is 8.09. The van der Waals surface area contributed by atoms with Crippen molar-refractivity contribution >= 4 is 27.6 Å². The molecule has 2 rings (SSSR count). The van der Waals surface area contributed by atoms with E-state index in [0.29, 0.717) is 13.0 Å². The van der Waals surface area contributed by atoms with Gasteiger partial charge in [-0.2, -0.15) is 0 Å². The molecule has 0 saturated heterocycles. The number of rotatable bonds is 8. The molecule has 0 amide bonds. The maximum Gasteiger partial charge on any atom is 0.238 e. The van der Waals surface area contributed by atoms with Gasteiger partial charge in [0.15, 0.2) is 5.96 Å². The van der Waals surface area contributed by atoms with E-state index in [4.69, 9.17) is 16.7 Å². The monoisotopic (exact) mass is 408 g/mol. The number of nitrogens with two attached hydrogens (primary N) is 1. The summed E-state index contributed by atoms with van der Waals surface area (Å²) in [5, 5.41) is 12.4. The number of hydrogen-bond donors (Lipinski definition) is 3. The molecule has 0 radical (unpaired) electrons. The molecule has 0 spiro atoms. The van der Waals surface area contributed by atoms with Crippen LogP contribution in [-0.4, -0.2) is 34.0 Å². The van der Waals surface area contributed by atoms with E-state index < -0.39 is 10.0 Å². The van der Waals surface area contributed by atoms with Crippen LogP contribution in [0, 0.1) is 0 Å². The zero-order valence-corrected chi connectivity index (χ0v) is 16.9. The summed E-state index contributed by atoms with van der Waals surface area (Å²) in [6.07, 6.45) is 1.55. The molecule has 2 aromatic carbocycles. The maximum absolute atomic E-state index is 11.3. The van der Waals surface area contributed by atoms with Gasteiger partial charge in [0.1, 0.15) is 0 Å². The fraction of sp³-hybridized carbons (Fsp3) is 0.316. The molecule has 146 valence electrons. The zero-order valence-electron chi connectivity index (χ0n) is 15.3. The van der Waals surface area contributed by atoms with E-state index in [0.717, 1.165) is 36.1 Å². The molecule has 0 aliphatic carbocycles. The Labute approximate surface area is 165 Å². The molecular formula is C19H25ClN4O2S. The van der Waals surface area contributed by atoms with E-state index in [1.165, 1.54) is 17.7 Å². The molecule has 0 aliphatic rings. The summed E-state index contributed by atoms with van der Waals surface area (Å²) in [5.41, 5.74) is 2.17. The maximum atomic E-state index is 11.3. The summed E-state index contributed by atoms with van der Waals surface area (Å²) in [4.78, 5) is 4.67. The predicted octanol–water partition coefficient (Wildman–Crippen LogP) is 2.33. The number of aliphatic imine (C=N–C) groups is 1. The lowest BCUT2D eigenvalue weighted by Gasteiger charge is -2.11. The van der Waals surface area contributed by atoms with Gasteiger partial charge in [-0.15, -0.1) is 0 Å². The molecule has 6 nitrogen and oxygen atoms in total. The van der Waals surface area contributed by atoms with E-state index in [1.807, 2.05) is 31.2 Å². The average Bonchev–Trinajstić information content (AvgIpc) is 2.61.